The lowest BCUT2D eigenvalue weighted by molar-refractivity contribution is -0.140. The number of hydrogen-bond acceptors (Lipinski definition) is 6. The summed E-state index contributed by atoms with van der Waals surface area (Å²) in [7, 11) is 0. The summed E-state index contributed by atoms with van der Waals surface area (Å²) in [5.74, 6) is 0.0507. The molecule has 166 valence electrons. The number of anilines is 2. The largest absolute Gasteiger partial charge is 0.467 e. The summed E-state index contributed by atoms with van der Waals surface area (Å²) in [6.45, 7) is 4.75. The van der Waals surface area contributed by atoms with Gasteiger partial charge in [-0.05, 0) is 43.3 Å². The molecule has 1 atom stereocenters. The van der Waals surface area contributed by atoms with Gasteiger partial charge >= 0.3 is 5.97 Å². The molecule has 1 N–H and O–H groups in total. The molecule has 1 saturated heterocycles. The Morgan fingerprint density at radius 2 is 1.69 bits per heavy atom. The van der Waals surface area contributed by atoms with Crippen molar-refractivity contribution in [1.82, 2.24) is 4.90 Å². The maximum absolute atomic E-state index is 12.9. The van der Waals surface area contributed by atoms with Crippen LogP contribution in [0, 0.1) is 0 Å². The topological polar surface area (TPSA) is 75.0 Å². The standard InChI is InChI=1S/C25H27N3O4/c1-19(24(29)28-15-13-27(14-16-28)20-8-3-2-4-9-20)32-25(30)22-11-5-6-12-23(22)26-18-21-10-7-17-31-21/h2-12,17,19,26H,13-16,18H2,1H3. The number of piperazine rings is 1. The van der Waals surface area contributed by atoms with Gasteiger partial charge in [0.2, 0.25) is 0 Å². The highest BCUT2D eigenvalue weighted by atomic mass is 16.5. The SMILES string of the molecule is CC(OC(=O)c1ccccc1NCc1ccco1)C(=O)N1CCN(c2ccccc2)CC1. The van der Waals surface area contributed by atoms with Crippen molar-refractivity contribution in [3.8, 4) is 0 Å². The molecule has 2 aromatic carbocycles. The molecular formula is C25H27N3O4. The summed E-state index contributed by atoms with van der Waals surface area (Å²) in [6.07, 6.45) is 0.744. The molecule has 4 rings (SSSR count). The van der Waals surface area contributed by atoms with E-state index in [0.717, 1.165) is 24.5 Å². The number of furan rings is 1. The molecule has 0 radical (unpaired) electrons. The van der Waals surface area contributed by atoms with E-state index in [1.165, 1.54) is 0 Å². The zero-order chi connectivity index (χ0) is 22.3. The molecule has 1 unspecified atom stereocenters. The zero-order valence-corrected chi connectivity index (χ0v) is 18.1. The van der Waals surface area contributed by atoms with E-state index in [1.807, 2.05) is 36.4 Å². The van der Waals surface area contributed by atoms with Crippen LogP contribution in [0.15, 0.2) is 77.4 Å². The summed E-state index contributed by atoms with van der Waals surface area (Å²) >= 11 is 0. The lowest BCUT2D eigenvalue weighted by Crippen LogP contribution is -2.51. The van der Waals surface area contributed by atoms with Crippen molar-refractivity contribution in [2.24, 2.45) is 0 Å². The number of hydrogen-bond donors (Lipinski definition) is 1. The van der Waals surface area contributed by atoms with Crippen LogP contribution in [-0.2, 0) is 16.1 Å². The van der Waals surface area contributed by atoms with Gasteiger partial charge in [-0.3, -0.25) is 4.79 Å². The third-order valence-electron chi connectivity index (χ3n) is 5.52. The third kappa shape index (κ3) is 5.11. The van der Waals surface area contributed by atoms with Crippen LogP contribution in [0.25, 0.3) is 0 Å². The minimum Gasteiger partial charge on any atom is -0.467 e. The maximum Gasteiger partial charge on any atom is 0.341 e. The number of benzene rings is 2. The van der Waals surface area contributed by atoms with E-state index in [9.17, 15) is 9.59 Å². The van der Waals surface area contributed by atoms with Crippen molar-refractivity contribution in [3.63, 3.8) is 0 Å². The number of esters is 1. The third-order valence-corrected chi connectivity index (χ3v) is 5.52. The fourth-order valence-electron chi connectivity index (χ4n) is 3.77. The van der Waals surface area contributed by atoms with Gasteiger partial charge in [-0.1, -0.05) is 30.3 Å². The van der Waals surface area contributed by atoms with Gasteiger partial charge in [-0.15, -0.1) is 0 Å². The highest BCUT2D eigenvalue weighted by molar-refractivity contribution is 5.97. The van der Waals surface area contributed by atoms with Gasteiger partial charge < -0.3 is 24.3 Å². The molecule has 1 aliphatic rings. The van der Waals surface area contributed by atoms with E-state index in [-0.39, 0.29) is 5.91 Å². The highest BCUT2D eigenvalue weighted by Crippen LogP contribution is 2.20. The molecule has 32 heavy (non-hydrogen) atoms. The van der Waals surface area contributed by atoms with Crippen molar-refractivity contribution in [1.29, 1.82) is 0 Å². The van der Waals surface area contributed by atoms with Gasteiger partial charge in [0.25, 0.3) is 5.91 Å². The minimum absolute atomic E-state index is 0.174. The number of carbonyl (C=O) groups is 2. The second-order valence-corrected chi connectivity index (χ2v) is 7.67. The Bertz CT molecular complexity index is 1030. The number of ether oxygens (including phenoxy) is 1. The Hall–Kier alpha value is -3.74. The smallest absolute Gasteiger partial charge is 0.341 e. The first-order valence-electron chi connectivity index (χ1n) is 10.8. The molecule has 7 nitrogen and oxygen atoms in total. The number of para-hydroxylation sites is 2. The second kappa shape index (κ2) is 10.0. The molecule has 0 bridgehead atoms. The molecule has 1 fully saturated rings. The summed E-state index contributed by atoms with van der Waals surface area (Å²) in [5.41, 5.74) is 2.16. The first-order chi connectivity index (χ1) is 15.6. The summed E-state index contributed by atoms with van der Waals surface area (Å²) in [5, 5.41) is 3.19. The van der Waals surface area contributed by atoms with Gasteiger partial charge in [0.05, 0.1) is 18.4 Å². The first kappa shape index (κ1) is 21.5. The Morgan fingerprint density at radius 1 is 0.969 bits per heavy atom. The van der Waals surface area contributed by atoms with Gasteiger partial charge in [0.1, 0.15) is 5.76 Å². The van der Waals surface area contributed by atoms with E-state index in [0.29, 0.717) is 30.9 Å². The molecule has 0 spiro atoms. The average molecular weight is 434 g/mol. The summed E-state index contributed by atoms with van der Waals surface area (Å²) in [4.78, 5) is 29.7. The van der Waals surface area contributed by atoms with Gasteiger partial charge in [-0.2, -0.15) is 0 Å². The molecular weight excluding hydrogens is 406 g/mol. The lowest BCUT2D eigenvalue weighted by Gasteiger charge is -2.37. The van der Waals surface area contributed by atoms with Crippen LogP contribution in [0.5, 0.6) is 0 Å². The Balaban J connectivity index is 1.32. The fraction of sp³-hybridized carbons (Fsp3) is 0.280. The van der Waals surface area contributed by atoms with Crippen LogP contribution in [0.2, 0.25) is 0 Å². The van der Waals surface area contributed by atoms with Gasteiger partial charge in [0, 0.05) is 37.6 Å². The molecule has 1 aliphatic heterocycles. The number of amides is 1. The van der Waals surface area contributed by atoms with Gasteiger partial charge in [0.15, 0.2) is 6.10 Å². The molecule has 0 aliphatic carbocycles. The van der Waals surface area contributed by atoms with Crippen molar-refractivity contribution in [3.05, 3.63) is 84.3 Å². The molecule has 0 saturated carbocycles. The normalized spacial score (nSPS) is 14.7. The average Bonchev–Trinajstić information content (AvgIpc) is 3.37. The number of rotatable bonds is 7. The number of carbonyl (C=O) groups excluding carboxylic acids is 2. The van der Waals surface area contributed by atoms with Crippen LogP contribution < -0.4 is 10.2 Å². The molecule has 1 aromatic heterocycles. The molecule has 2 heterocycles. The number of nitrogens with one attached hydrogen (secondary N) is 1. The predicted octanol–water partition coefficient (Wildman–Crippen LogP) is 3.79. The lowest BCUT2D eigenvalue weighted by atomic mass is 10.1. The van der Waals surface area contributed by atoms with Crippen LogP contribution in [0.1, 0.15) is 23.0 Å². The van der Waals surface area contributed by atoms with Crippen molar-refractivity contribution in [2.75, 3.05) is 36.4 Å². The predicted molar refractivity (Wildman–Crippen MR) is 123 cm³/mol. The molecule has 3 aromatic rings. The van der Waals surface area contributed by atoms with Crippen LogP contribution in [0.3, 0.4) is 0 Å². The van der Waals surface area contributed by atoms with Crippen LogP contribution in [0.4, 0.5) is 11.4 Å². The van der Waals surface area contributed by atoms with E-state index in [2.05, 4.69) is 22.3 Å². The molecule has 1 amide bonds. The van der Waals surface area contributed by atoms with E-state index in [1.54, 1.807) is 36.3 Å². The van der Waals surface area contributed by atoms with Crippen molar-refractivity contribution in [2.45, 2.75) is 19.6 Å². The van der Waals surface area contributed by atoms with E-state index < -0.39 is 12.1 Å². The van der Waals surface area contributed by atoms with Crippen molar-refractivity contribution >= 4 is 23.3 Å². The zero-order valence-electron chi connectivity index (χ0n) is 18.1. The van der Waals surface area contributed by atoms with E-state index >= 15 is 0 Å². The Labute approximate surface area is 187 Å². The van der Waals surface area contributed by atoms with Crippen LogP contribution in [-0.4, -0.2) is 49.1 Å². The Morgan fingerprint density at radius 3 is 2.41 bits per heavy atom. The summed E-state index contributed by atoms with van der Waals surface area (Å²) < 4.78 is 10.9. The second-order valence-electron chi connectivity index (χ2n) is 7.67. The first-order valence-corrected chi connectivity index (χ1v) is 10.8. The highest BCUT2D eigenvalue weighted by Gasteiger charge is 2.28. The Kier molecular flexibility index (Phi) is 6.75. The van der Waals surface area contributed by atoms with Crippen molar-refractivity contribution < 1.29 is 18.7 Å². The molecule has 7 heteroatoms. The quantitative estimate of drug-likeness (QED) is 0.572. The summed E-state index contributed by atoms with van der Waals surface area (Å²) in [6, 6.07) is 20.9. The fourth-order valence-corrected chi connectivity index (χ4v) is 3.77. The number of nitrogens with zero attached hydrogens (tertiary/aromatic N) is 2. The van der Waals surface area contributed by atoms with Crippen LogP contribution >= 0.6 is 0 Å². The maximum atomic E-state index is 12.9. The monoisotopic (exact) mass is 433 g/mol. The van der Waals surface area contributed by atoms with E-state index in [4.69, 9.17) is 9.15 Å². The minimum atomic E-state index is -0.857. The van der Waals surface area contributed by atoms with Gasteiger partial charge in [-0.25, -0.2) is 4.79 Å².